The number of anilines is 1. The smallest absolute Gasteiger partial charge is 0.323 e. The predicted octanol–water partition coefficient (Wildman–Crippen LogP) is 2.60. The topological polar surface area (TPSA) is 86.7 Å². The molecule has 0 radical (unpaired) electrons. The van der Waals surface area contributed by atoms with Crippen molar-refractivity contribution in [1.29, 1.82) is 0 Å². The molecule has 0 spiro atoms. The fraction of sp³-hybridized carbons (Fsp3) is 0.471. The minimum Gasteiger partial charge on any atom is -0.480 e. The van der Waals surface area contributed by atoms with E-state index in [0.29, 0.717) is 12.1 Å². The molecule has 8 heteroatoms. The lowest BCUT2D eigenvalue weighted by atomic mass is 10.2. The molecular weight excluding hydrogens is 347 g/mol. The normalized spacial score (nSPS) is 13.0. The van der Waals surface area contributed by atoms with Gasteiger partial charge >= 0.3 is 5.97 Å². The molecule has 0 aliphatic heterocycles. The first-order valence-corrected chi connectivity index (χ1v) is 8.98. The molecule has 0 fully saturated rings. The highest BCUT2D eigenvalue weighted by Crippen LogP contribution is 2.17. The number of hydrogen-bond donors (Lipinski definition) is 2. The minimum atomic E-state index is -1.07. The molecule has 1 aromatic carbocycles. The van der Waals surface area contributed by atoms with Crippen LogP contribution in [0.1, 0.15) is 27.2 Å². The van der Waals surface area contributed by atoms with Crippen molar-refractivity contribution >= 4 is 35.2 Å². The zero-order valence-corrected chi connectivity index (χ0v) is 15.3. The van der Waals surface area contributed by atoms with Gasteiger partial charge in [-0.3, -0.25) is 14.4 Å². The first kappa shape index (κ1) is 21.0. The van der Waals surface area contributed by atoms with Gasteiger partial charge in [0.25, 0.3) is 0 Å². The lowest BCUT2D eigenvalue weighted by Crippen LogP contribution is -2.45. The number of carboxylic acid groups (broad SMARTS) is 1. The first-order valence-electron chi connectivity index (χ1n) is 7.93. The van der Waals surface area contributed by atoms with Crippen molar-refractivity contribution < 1.29 is 23.9 Å². The highest BCUT2D eigenvalue weighted by atomic mass is 32.2. The molecule has 0 saturated carbocycles. The van der Waals surface area contributed by atoms with Gasteiger partial charge in [0.2, 0.25) is 11.8 Å². The summed E-state index contributed by atoms with van der Waals surface area (Å²) in [7, 11) is 0. The van der Waals surface area contributed by atoms with Gasteiger partial charge in [0.15, 0.2) is 0 Å². The van der Waals surface area contributed by atoms with Gasteiger partial charge in [0.05, 0.1) is 11.0 Å². The zero-order valence-electron chi connectivity index (χ0n) is 14.5. The average molecular weight is 370 g/mol. The molecule has 2 unspecified atom stereocenters. The van der Waals surface area contributed by atoms with E-state index >= 15 is 0 Å². The second-order valence-electron chi connectivity index (χ2n) is 5.63. The van der Waals surface area contributed by atoms with Gasteiger partial charge in [0, 0.05) is 11.7 Å². The number of nitrogens with zero attached hydrogens (tertiary/aromatic N) is 1. The van der Waals surface area contributed by atoms with E-state index in [1.807, 2.05) is 6.92 Å². The molecular formula is C17H23FN2O4S. The second kappa shape index (κ2) is 10.0. The summed E-state index contributed by atoms with van der Waals surface area (Å²) in [6.45, 7) is 4.95. The first-order chi connectivity index (χ1) is 11.7. The monoisotopic (exact) mass is 370 g/mol. The van der Waals surface area contributed by atoms with E-state index < -0.39 is 17.0 Å². The Morgan fingerprint density at radius 2 is 1.84 bits per heavy atom. The second-order valence-corrected chi connectivity index (χ2v) is 6.95. The quantitative estimate of drug-likeness (QED) is 0.698. The third-order valence-electron chi connectivity index (χ3n) is 3.65. The Hall–Kier alpha value is -2.09. The zero-order chi connectivity index (χ0) is 19.0. The fourth-order valence-electron chi connectivity index (χ4n) is 2.05. The number of thioether (sulfide) groups is 1. The van der Waals surface area contributed by atoms with E-state index in [9.17, 15) is 18.8 Å². The number of aliphatic carboxylic acids is 1. The van der Waals surface area contributed by atoms with Crippen LogP contribution in [0.4, 0.5) is 10.1 Å². The van der Waals surface area contributed by atoms with E-state index in [1.165, 1.54) is 29.2 Å². The Kier molecular flexibility index (Phi) is 8.40. The molecule has 0 aliphatic rings. The third-order valence-corrected chi connectivity index (χ3v) is 4.78. The highest BCUT2D eigenvalue weighted by molar-refractivity contribution is 8.01. The molecule has 1 rings (SSSR count). The van der Waals surface area contributed by atoms with Crippen molar-refractivity contribution in [2.75, 3.05) is 17.6 Å². The molecule has 2 amide bonds. The van der Waals surface area contributed by atoms with Crippen LogP contribution in [0, 0.1) is 5.82 Å². The molecule has 1 aromatic rings. The van der Waals surface area contributed by atoms with E-state index in [2.05, 4.69) is 5.32 Å². The Morgan fingerprint density at radius 3 is 2.36 bits per heavy atom. The predicted molar refractivity (Wildman–Crippen MR) is 96.1 cm³/mol. The minimum absolute atomic E-state index is 0.0334. The molecule has 0 heterocycles. The third kappa shape index (κ3) is 7.13. The Balaban J connectivity index is 2.56. The number of halogens is 1. The maximum Gasteiger partial charge on any atom is 0.323 e. The standard InChI is InChI=1S/C17H23FN2O4S/c1-4-11(2)20(9-16(22)23)17(24)12(3)25-10-15(21)19-14-7-5-13(18)6-8-14/h5-8,11-12H,4,9-10H2,1-3H3,(H,19,21)(H,22,23). The summed E-state index contributed by atoms with van der Waals surface area (Å²) < 4.78 is 12.8. The van der Waals surface area contributed by atoms with E-state index in [-0.39, 0.29) is 30.2 Å². The number of carbonyl (C=O) groups is 3. The molecule has 6 nitrogen and oxygen atoms in total. The largest absolute Gasteiger partial charge is 0.480 e. The van der Waals surface area contributed by atoms with Gasteiger partial charge in [-0.1, -0.05) is 6.92 Å². The highest BCUT2D eigenvalue weighted by Gasteiger charge is 2.26. The SMILES string of the molecule is CCC(C)N(CC(=O)O)C(=O)C(C)SCC(=O)Nc1ccc(F)cc1. The van der Waals surface area contributed by atoms with Gasteiger partial charge in [-0.15, -0.1) is 11.8 Å². The summed E-state index contributed by atoms with van der Waals surface area (Å²) in [5.41, 5.74) is 0.470. The van der Waals surface area contributed by atoms with Crippen molar-refractivity contribution in [1.82, 2.24) is 4.90 Å². The van der Waals surface area contributed by atoms with Crippen LogP contribution in [0.3, 0.4) is 0 Å². The number of amides is 2. The summed E-state index contributed by atoms with van der Waals surface area (Å²) in [5, 5.41) is 11.0. The fourth-order valence-corrected chi connectivity index (χ4v) is 2.80. The van der Waals surface area contributed by atoms with Gasteiger partial charge in [0.1, 0.15) is 12.4 Å². The van der Waals surface area contributed by atoms with Crippen LogP contribution in [0.5, 0.6) is 0 Å². The average Bonchev–Trinajstić information content (AvgIpc) is 2.58. The molecule has 0 bridgehead atoms. The van der Waals surface area contributed by atoms with Crippen LogP contribution in [-0.2, 0) is 14.4 Å². The lowest BCUT2D eigenvalue weighted by Gasteiger charge is -2.29. The van der Waals surface area contributed by atoms with Gasteiger partial charge in [-0.05, 0) is 44.5 Å². The van der Waals surface area contributed by atoms with Crippen LogP contribution < -0.4 is 5.32 Å². The number of carbonyl (C=O) groups excluding carboxylic acids is 2. The Labute approximate surface area is 150 Å². The summed E-state index contributed by atoms with van der Waals surface area (Å²) in [4.78, 5) is 36.6. The van der Waals surface area contributed by atoms with Crippen LogP contribution in [0.25, 0.3) is 0 Å². The van der Waals surface area contributed by atoms with E-state index in [0.717, 1.165) is 11.8 Å². The van der Waals surface area contributed by atoms with Crippen molar-refractivity contribution in [3.8, 4) is 0 Å². The van der Waals surface area contributed by atoms with Crippen molar-refractivity contribution in [3.05, 3.63) is 30.1 Å². The molecule has 25 heavy (non-hydrogen) atoms. The summed E-state index contributed by atoms with van der Waals surface area (Å²) in [6.07, 6.45) is 0.640. The Bertz CT molecular complexity index is 609. The van der Waals surface area contributed by atoms with E-state index in [4.69, 9.17) is 5.11 Å². The molecule has 138 valence electrons. The van der Waals surface area contributed by atoms with Crippen molar-refractivity contribution in [2.24, 2.45) is 0 Å². The lowest BCUT2D eigenvalue weighted by molar-refractivity contribution is -0.145. The molecule has 0 saturated heterocycles. The summed E-state index contributed by atoms with van der Waals surface area (Å²) >= 11 is 1.13. The van der Waals surface area contributed by atoms with Crippen molar-refractivity contribution in [2.45, 2.75) is 38.5 Å². The maximum atomic E-state index is 12.8. The molecule has 2 N–H and O–H groups in total. The van der Waals surface area contributed by atoms with Gasteiger partial charge in [-0.2, -0.15) is 0 Å². The Morgan fingerprint density at radius 1 is 1.24 bits per heavy atom. The molecule has 0 aromatic heterocycles. The van der Waals surface area contributed by atoms with Gasteiger partial charge < -0.3 is 15.3 Å². The number of nitrogens with one attached hydrogen (secondary N) is 1. The molecule has 0 aliphatic carbocycles. The summed E-state index contributed by atoms with van der Waals surface area (Å²) in [6, 6.07) is 5.18. The molecule has 2 atom stereocenters. The number of benzene rings is 1. The number of rotatable bonds is 9. The van der Waals surface area contributed by atoms with Crippen LogP contribution in [-0.4, -0.2) is 51.4 Å². The maximum absolute atomic E-state index is 12.8. The van der Waals surface area contributed by atoms with Gasteiger partial charge in [-0.25, -0.2) is 4.39 Å². The summed E-state index contributed by atoms with van der Waals surface area (Å²) in [5.74, 6) is -2.05. The van der Waals surface area contributed by atoms with Crippen LogP contribution in [0.2, 0.25) is 0 Å². The number of hydrogen-bond acceptors (Lipinski definition) is 4. The van der Waals surface area contributed by atoms with Crippen molar-refractivity contribution in [3.63, 3.8) is 0 Å². The number of carboxylic acids is 1. The van der Waals surface area contributed by atoms with Crippen LogP contribution >= 0.6 is 11.8 Å². The van der Waals surface area contributed by atoms with Crippen LogP contribution in [0.15, 0.2) is 24.3 Å². The van der Waals surface area contributed by atoms with E-state index in [1.54, 1.807) is 13.8 Å².